The van der Waals surface area contributed by atoms with Crippen molar-refractivity contribution in [2.24, 2.45) is 5.92 Å². The van der Waals surface area contributed by atoms with Crippen LogP contribution in [0.5, 0.6) is 5.88 Å². The first-order valence-electron chi connectivity index (χ1n) is 8.03. The van der Waals surface area contributed by atoms with Crippen LogP contribution in [0.25, 0.3) is 0 Å². The monoisotopic (exact) mass is 278 g/mol. The molecule has 3 heteroatoms. The molecule has 114 valence electrons. The van der Waals surface area contributed by atoms with Crippen molar-refractivity contribution in [3.05, 3.63) is 23.9 Å². The van der Waals surface area contributed by atoms with E-state index in [0.717, 1.165) is 19.0 Å². The fourth-order valence-electron chi connectivity index (χ4n) is 2.30. The van der Waals surface area contributed by atoms with Crippen molar-refractivity contribution >= 4 is 0 Å². The van der Waals surface area contributed by atoms with Gasteiger partial charge in [-0.25, -0.2) is 4.98 Å². The van der Waals surface area contributed by atoms with Crippen LogP contribution in [0.1, 0.15) is 65.0 Å². The van der Waals surface area contributed by atoms with Crippen molar-refractivity contribution in [2.75, 3.05) is 13.2 Å². The molecule has 0 aliphatic carbocycles. The SMILES string of the molecule is CCCCC(CC)COc1cc(C(C)NCC)ccn1. The van der Waals surface area contributed by atoms with E-state index in [0.29, 0.717) is 12.0 Å². The number of unbranched alkanes of at least 4 members (excludes halogenated alkanes) is 1. The maximum atomic E-state index is 5.89. The quantitative estimate of drug-likeness (QED) is 0.691. The second-order valence-electron chi connectivity index (χ2n) is 5.43. The molecule has 1 heterocycles. The number of aromatic nitrogens is 1. The topological polar surface area (TPSA) is 34.1 Å². The van der Waals surface area contributed by atoms with Gasteiger partial charge in [0.15, 0.2) is 0 Å². The molecule has 1 aromatic heterocycles. The zero-order valence-corrected chi connectivity index (χ0v) is 13.5. The predicted octanol–water partition coefficient (Wildman–Crippen LogP) is 4.35. The standard InChI is InChI=1S/C17H30N2O/c1-5-8-9-15(6-2)13-20-17-12-16(10-11-19-17)14(4)18-7-3/h10-12,14-15,18H,5-9,13H2,1-4H3. The summed E-state index contributed by atoms with van der Waals surface area (Å²) in [5, 5.41) is 3.41. The van der Waals surface area contributed by atoms with E-state index < -0.39 is 0 Å². The summed E-state index contributed by atoms with van der Waals surface area (Å²) in [6, 6.07) is 4.45. The summed E-state index contributed by atoms with van der Waals surface area (Å²) in [5.41, 5.74) is 1.23. The zero-order valence-electron chi connectivity index (χ0n) is 13.5. The molecule has 1 aromatic rings. The highest BCUT2D eigenvalue weighted by molar-refractivity contribution is 5.23. The Balaban J connectivity index is 2.52. The number of rotatable bonds is 10. The maximum absolute atomic E-state index is 5.89. The van der Waals surface area contributed by atoms with E-state index in [9.17, 15) is 0 Å². The maximum Gasteiger partial charge on any atom is 0.213 e. The Bertz CT molecular complexity index is 368. The Morgan fingerprint density at radius 2 is 2.10 bits per heavy atom. The van der Waals surface area contributed by atoms with Crippen molar-refractivity contribution in [1.29, 1.82) is 0 Å². The summed E-state index contributed by atoms with van der Waals surface area (Å²) < 4.78 is 5.89. The van der Waals surface area contributed by atoms with Crippen molar-refractivity contribution in [2.45, 2.75) is 59.4 Å². The summed E-state index contributed by atoms with van der Waals surface area (Å²) in [5.74, 6) is 1.40. The molecule has 2 atom stereocenters. The van der Waals surface area contributed by atoms with Gasteiger partial charge in [-0.2, -0.15) is 0 Å². The van der Waals surface area contributed by atoms with Crippen LogP contribution in [0.4, 0.5) is 0 Å². The van der Waals surface area contributed by atoms with Crippen molar-refractivity contribution in [1.82, 2.24) is 10.3 Å². The molecule has 0 saturated carbocycles. The lowest BCUT2D eigenvalue weighted by Gasteiger charge is -2.17. The van der Waals surface area contributed by atoms with E-state index in [2.05, 4.69) is 50.1 Å². The summed E-state index contributed by atoms with van der Waals surface area (Å²) in [7, 11) is 0. The number of pyridine rings is 1. The molecule has 0 spiro atoms. The van der Waals surface area contributed by atoms with Gasteiger partial charge in [0.05, 0.1) is 6.61 Å². The highest BCUT2D eigenvalue weighted by Gasteiger charge is 2.09. The summed E-state index contributed by atoms with van der Waals surface area (Å²) in [4.78, 5) is 4.32. The molecule has 1 N–H and O–H groups in total. The van der Waals surface area contributed by atoms with Crippen LogP contribution in [0, 0.1) is 5.92 Å². The highest BCUT2D eigenvalue weighted by atomic mass is 16.5. The second-order valence-corrected chi connectivity index (χ2v) is 5.43. The molecule has 3 nitrogen and oxygen atoms in total. The van der Waals surface area contributed by atoms with Crippen LogP contribution in [0.15, 0.2) is 18.3 Å². The number of hydrogen-bond acceptors (Lipinski definition) is 3. The first-order chi connectivity index (χ1) is 9.71. The third-order valence-electron chi connectivity index (χ3n) is 3.78. The Kier molecular flexibility index (Phi) is 8.28. The van der Waals surface area contributed by atoms with Crippen molar-refractivity contribution in [3.8, 4) is 5.88 Å². The normalized spacial score (nSPS) is 14.0. The predicted molar refractivity (Wildman–Crippen MR) is 85.1 cm³/mol. The van der Waals surface area contributed by atoms with E-state index in [1.165, 1.54) is 31.2 Å². The van der Waals surface area contributed by atoms with E-state index in [1.54, 1.807) is 0 Å². The molecule has 0 fully saturated rings. The molecule has 0 aliphatic heterocycles. The minimum atomic E-state index is 0.340. The van der Waals surface area contributed by atoms with E-state index in [1.807, 2.05) is 6.20 Å². The van der Waals surface area contributed by atoms with E-state index in [-0.39, 0.29) is 0 Å². The molecular weight excluding hydrogens is 248 g/mol. The van der Waals surface area contributed by atoms with Crippen LogP contribution in [0.2, 0.25) is 0 Å². The fourth-order valence-corrected chi connectivity index (χ4v) is 2.30. The van der Waals surface area contributed by atoms with Crippen molar-refractivity contribution < 1.29 is 4.74 Å². The molecule has 0 radical (unpaired) electrons. The molecule has 2 unspecified atom stereocenters. The smallest absolute Gasteiger partial charge is 0.213 e. The van der Waals surface area contributed by atoms with Crippen LogP contribution in [-0.2, 0) is 0 Å². The highest BCUT2D eigenvalue weighted by Crippen LogP contribution is 2.19. The minimum Gasteiger partial charge on any atom is -0.477 e. The van der Waals surface area contributed by atoms with Gasteiger partial charge in [-0.3, -0.25) is 0 Å². The zero-order chi connectivity index (χ0) is 14.8. The number of hydrogen-bond donors (Lipinski definition) is 1. The van der Waals surface area contributed by atoms with Gasteiger partial charge in [-0.05, 0) is 37.4 Å². The second kappa shape index (κ2) is 9.76. The Morgan fingerprint density at radius 3 is 2.75 bits per heavy atom. The van der Waals surface area contributed by atoms with Gasteiger partial charge in [-0.15, -0.1) is 0 Å². The average molecular weight is 278 g/mol. The molecule has 1 rings (SSSR count). The van der Waals surface area contributed by atoms with Gasteiger partial charge in [-0.1, -0.05) is 40.0 Å². The first-order valence-corrected chi connectivity index (χ1v) is 8.03. The Labute approximate surface area is 124 Å². The average Bonchev–Trinajstić information content (AvgIpc) is 2.48. The number of nitrogens with zero attached hydrogens (tertiary/aromatic N) is 1. The van der Waals surface area contributed by atoms with Gasteiger partial charge in [0.25, 0.3) is 0 Å². The first kappa shape index (κ1) is 17.0. The molecule has 0 aromatic carbocycles. The van der Waals surface area contributed by atoms with Crippen LogP contribution < -0.4 is 10.1 Å². The van der Waals surface area contributed by atoms with Crippen LogP contribution in [-0.4, -0.2) is 18.1 Å². The number of nitrogens with one attached hydrogen (secondary N) is 1. The van der Waals surface area contributed by atoms with Gasteiger partial charge >= 0.3 is 0 Å². The largest absolute Gasteiger partial charge is 0.477 e. The third-order valence-corrected chi connectivity index (χ3v) is 3.78. The third kappa shape index (κ3) is 5.91. The van der Waals surface area contributed by atoms with Gasteiger partial charge < -0.3 is 10.1 Å². The van der Waals surface area contributed by atoms with Gasteiger partial charge in [0.1, 0.15) is 0 Å². The van der Waals surface area contributed by atoms with Gasteiger partial charge in [0.2, 0.25) is 5.88 Å². The van der Waals surface area contributed by atoms with Crippen LogP contribution in [0.3, 0.4) is 0 Å². The lowest BCUT2D eigenvalue weighted by atomic mass is 10.0. The molecule has 0 bridgehead atoms. The van der Waals surface area contributed by atoms with Crippen molar-refractivity contribution in [3.63, 3.8) is 0 Å². The number of ether oxygens (including phenoxy) is 1. The van der Waals surface area contributed by atoms with Crippen LogP contribution >= 0.6 is 0 Å². The summed E-state index contributed by atoms with van der Waals surface area (Å²) in [6.07, 6.45) is 6.80. The molecular formula is C17H30N2O. The fraction of sp³-hybridized carbons (Fsp3) is 0.706. The molecule has 0 aliphatic rings. The van der Waals surface area contributed by atoms with E-state index in [4.69, 9.17) is 4.74 Å². The minimum absolute atomic E-state index is 0.340. The lowest BCUT2D eigenvalue weighted by molar-refractivity contribution is 0.225. The summed E-state index contributed by atoms with van der Waals surface area (Å²) in [6.45, 7) is 10.5. The molecule has 20 heavy (non-hydrogen) atoms. The van der Waals surface area contributed by atoms with Gasteiger partial charge in [0, 0.05) is 18.3 Å². The molecule has 0 amide bonds. The Hall–Kier alpha value is -1.09. The lowest BCUT2D eigenvalue weighted by Crippen LogP contribution is -2.18. The van der Waals surface area contributed by atoms with E-state index >= 15 is 0 Å². The molecule has 0 saturated heterocycles. The summed E-state index contributed by atoms with van der Waals surface area (Å²) >= 11 is 0. The Morgan fingerprint density at radius 1 is 1.30 bits per heavy atom.